The Bertz CT molecular complexity index is 491. The fraction of sp³-hybridized carbons (Fsp3) is 0.880. The highest BCUT2D eigenvalue weighted by Gasteiger charge is 2.45. The zero-order valence-corrected chi connectivity index (χ0v) is 19.9. The third-order valence-electron chi connectivity index (χ3n) is 6.32. The molecule has 0 aliphatic heterocycles. The molecule has 32 heavy (non-hydrogen) atoms. The Morgan fingerprint density at radius 2 is 0.781 bits per heavy atom. The van der Waals surface area contributed by atoms with E-state index in [1.165, 1.54) is 0 Å². The number of carboxylic acid groups (broad SMARTS) is 3. The first-order valence-corrected chi connectivity index (χ1v) is 12.7. The lowest BCUT2D eigenvalue weighted by Crippen LogP contribution is -2.39. The second-order valence-electron chi connectivity index (χ2n) is 9.07. The number of unbranched alkanes of at least 4 members (excludes halogenated alkanes) is 15. The Kier molecular flexibility index (Phi) is 19.0. The van der Waals surface area contributed by atoms with E-state index in [2.05, 4.69) is 0 Å². The molecule has 0 aromatic rings. The van der Waals surface area contributed by atoms with Gasteiger partial charge in [0.2, 0.25) is 0 Å². The van der Waals surface area contributed by atoms with Crippen molar-refractivity contribution in [1.29, 1.82) is 0 Å². The van der Waals surface area contributed by atoms with Gasteiger partial charge in [-0.25, -0.2) is 0 Å². The SMILES string of the molecule is O=C(O)CCCCCCCCCCC(CCCCCCCCCCCO)(C(=O)O)C(=O)O. The lowest BCUT2D eigenvalue weighted by atomic mass is 9.78. The lowest BCUT2D eigenvalue weighted by Gasteiger charge is -2.25. The van der Waals surface area contributed by atoms with Crippen molar-refractivity contribution in [3.8, 4) is 0 Å². The third kappa shape index (κ3) is 15.2. The molecule has 4 N–H and O–H groups in total. The molecule has 0 unspecified atom stereocenters. The average Bonchev–Trinajstić information content (AvgIpc) is 2.74. The number of aliphatic carboxylic acids is 3. The average molecular weight is 459 g/mol. The van der Waals surface area contributed by atoms with E-state index in [9.17, 15) is 24.6 Å². The van der Waals surface area contributed by atoms with Crippen molar-refractivity contribution in [2.75, 3.05) is 6.61 Å². The lowest BCUT2D eigenvalue weighted by molar-refractivity contribution is -0.166. The predicted molar refractivity (Wildman–Crippen MR) is 125 cm³/mol. The summed E-state index contributed by atoms with van der Waals surface area (Å²) in [6, 6.07) is 0. The molecule has 0 rings (SSSR count). The Morgan fingerprint density at radius 3 is 1.09 bits per heavy atom. The first kappa shape index (κ1) is 30.4. The molecule has 0 aliphatic carbocycles. The molecule has 7 heteroatoms. The van der Waals surface area contributed by atoms with Crippen LogP contribution in [0.4, 0.5) is 0 Å². The van der Waals surface area contributed by atoms with E-state index in [1.54, 1.807) is 0 Å². The van der Waals surface area contributed by atoms with Gasteiger partial charge in [0.15, 0.2) is 5.41 Å². The predicted octanol–water partition coefficient (Wildman–Crippen LogP) is 6.02. The van der Waals surface area contributed by atoms with Crippen LogP contribution in [0, 0.1) is 5.41 Å². The molecule has 0 bridgehead atoms. The van der Waals surface area contributed by atoms with Gasteiger partial charge in [-0.15, -0.1) is 0 Å². The first-order valence-electron chi connectivity index (χ1n) is 12.7. The topological polar surface area (TPSA) is 132 Å². The van der Waals surface area contributed by atoms with Crippen LogP contribution < -0.4 is 0 Å². The molecule has 0 fully saturated rings. The van der Waals surface area contributed by atoms with Crippen molar-refractivity contribution in [3.05, 3.63) is 0 Å². The summed E-state index contributed by atoms with van der Waals surface area (Å²) in [6.45, 7) is 0.255. The maximum atomic E-state index is 11.8. The molecule has 0 heterocycles. The number of hydrogen-bond donors (Lipinski definition) is 4. The highest BCUT2D eigenvalue weighted by atomic mass is 16.4. The van der Waals surface area contributed by atoms with Crippen LogP contribution in [-0.4, -0.2) is 44.9 Å². The standard InChI is InChI=1S/C25H46O7/c26-21-17-13-9-5-1-3-7-11-15-19-25(23(29)30,24(31)32)20-16-12-8-4-2-6-10-14-18-22(27)28/h26H,1-21H2,(H,27,28)(H,29,30)(H,31,32). The van der Waals surface area contributed by atoms with Crippen LogP contribution in [0.15, 0.2) is 0 Å². The van der Waals surface area contributed by atoms with Crippen LogP contribution in [-0.2, 0) is 14.4 Å². The van der Waals surface area contributed by atoms with Crippen LogP contribution in [0.2, 0.25) is 0 Å². The van der Waals surface area contributed by atoms with Crippen molar-refractivity contribution in [2.24, 2.45) is 5.41 Å². The molecule has 0 saturated heterocycles. The van der Waals surface area contributed by atoms with Gasteiger partial charge in [-0.05, 0) is 25.7 Å². The highest BCUT2D eigenvalue weighted by molar-refractivity contribution is 5.98. The quantitative estimate of drug-likeness (QED) is 0.103. The summed E-state index contributed by atoms with van der Waals surface area (Å²) in [5.74, 6) is -3.18. The van der Waals surface area contributed by atoms with Crippen LogP contribution in [0.25, 0.3) is 0 Å². The van der Waals surface area contributed by atoms with Gasteiger partial charge in [-0.3, -0.25) is 14.4 Å². The van der Waals surface area contributed by atoms with Gasteiger partial charge in [-0.2, -0.15) is 0 Å². The Hall–Kier alpha value is -1.63. The van der Waals surface area contributed by atoms with Gasteiger partial charge in [0, 0.05) is 13.0 Å². The molecule has 0 aromatic heterocycles. The van der Waals surface area contributed by atoms with Crippen LogP contribution in [0.5, 0.6) is 0 Å². The van der Waals surface area contributed by atoms with E-state index >= 15 is 0 Å². The molecule has 0 atom stereocenters. The summed E-state index contributed by atoms with van der Waals surface area (Å²) >= 11 is 0. The molecule has 188 valence electrons. The van der Waals surface area contributed by atoms with Gasteiger partial charge in [0.1, 0.15) is 0 Å². The number of aliphatic hydroxyl groups is 1. The maximum absolute atomic E-state index is 11.8. The van der Waals surface area contributed by atoms with E-state index in [0.29, 0.717) is 19.3 Å². The fourth-order valence-electron chi connectivity index (χ4n) is 4.18. The van der Waals surface area contributed by atoms with Crippen molar-refractivity contribution in [2.45, 2.75) is 128 Å². The Balaban J connectivity index is 4.02. The van der Waals surface area contributed by atoms with Gasteiger partial charge in [0.25, 0.3) is 0 Å². The number of hydrogen-bond acceptors (Lipinski definition) is 4. The summed E-state index contributed by atoms with van der Waals surface area (Å²) in [6.07, 6.45) is 16.6. The van der Waals surface area contributed by atoms with Crippen molar-refractivity contribution in [1.82, 2.24) is 0 Å². The molecular weight excluding hydrogens is 412 g/mol. The number of carbonyl (C=O) groups is 3. The minimum absolute atomic E-state index is 0.182. The van der Waals surface area contributed by atoms with Crippen LogP contribution >= 0.6 is 0 Å². The van der Waals surface area contributed by atoms with Crippen molar-refractivity contribution >= 4 is 17.9 Å². The molecule has 0 aliphatic rings. The first-order chi connectivity index (χ1) is 15.4. The molecule has 7 nitrogen and oxygen atoms in total. The monoisotopic (exact) mass is 458 g/mol. The van der Waals surface area contributed by atoms with Crippen LogP contribution in [0.3, 0.4) is 0 Å². The summed E-state index contributed by atoms with van der Waals surface area (Å²) in [5, 5.41) is 36.7. The zero-order valence-electron chi connectivity index (χ0n) is 19.9. The fourth-order valence-corrected chi connectivity index (χ4v) is 4.18. The van der Waals surface area contributed by atoms with E-state index in [0.717, 1.165) is 89.9 Å². The highest BCUT2D eigenvalue weighted by Crippen LogP contribution is 2.33. The number of aliphatic hydroxyl groups excluding tert-OH is 1. The summed E-state index contributed by atoms with van der Waals surface area (Å²) in [7, 11) is 0. The smallest absolute Gasteiger partial charge is 0.321 e. The van der Waals surface area contributed by atoms with E-state index in [-0.39, 0.29) is 25.9 Å². The van der Waals surface area contributed by atoms with Gasteiger partial charge >= 0.3 is 17.9 Å². The van der Waals surface area contributed by atoms with E-state index in [4.69, 9.17) is 10.2 Å². The molecular formula is C25H46O7. The Labute approximate surface area is 193 Å². The van der Waals surface area contributed by atoms with Crippen molar-refractivity contribution in [3.63, 3.8) is 0 Å². The van der Waals surface area contributed by atoms with Gasteiger partial charge in [-0.1, -0.05) is 96.3 Å². The molecule has 0 saturated carbocycles. The number of rotatable bonds is 24. The molecule has 0 amide bonds. The van der Waals surface area contributed by atoms with Gasteiger partial charge < -0.3 is 20.4 Å². The molecule has 0 aromatic carbocycles. The number of carboxylic acids is 3. The van der Waals surface area contributed by atoms with E-state index in [1.807, 2.05) is 0 Å². The summed E-state index contributed by atoms with van der Waals surface area (Å²) in [4.78, 5) is 34.1. The maximum Gasteiger partial charge on any atom is 0.321 e. The Morgan fingerprint density at radius 1 is 0.469 bits per heavy atom. The molecule has 0 radical (unpaired) electrons. The second-order valence-corrected chi connectivity index (χ2v) is 9.07. The van der Waals surface area contributed by atoms with Gasteiger partial charge in [0.05, 0.1) is 0 Å². The minimum Gasteiger partial charge on any atom is -0.481 e. The third-order valence-corrected chi connectivity index (χ3v) is 6.32. The molecule has 0 spiro atoms. The second kappa shape index (κ2) is 20.0. The zero-order chi connectivity index (χ0) is 24.1. The van der Waals surface area contributed by atoms with Crippen LogP contribution in [0.1, 0.15) is 128 Å². The summed E-state index contributed by atoms with van der Waals surface area (Å²) in [5.41, 5.74) is -1.67. The van der Waals surface area contributed by atoms with E-state index < -0.39 is 23.3 Å². The largest absolute Gasteiger partial charge is 0.481 e. The summed E-state index contributed by atoms with van der Waals surface area (Å²) < 4.78 is 0. The minimum atomic E-state index is -1.67. The van der Waals surface area contributed by atoms with Crippen molar-refractivity contribution < 1.29 is 34.8 Å². The normalized spacial score (nSPS) is 11.5.